The molecule has 2 heteroatoms. The van der Waals surface area contributed by atoms with Crippen LogP contribution in [0.3, 0.4) is 0 Å². The van der Waals surface area contributed by atoms with Crippen molar-refractivity contribution in [2.75, 3.05) is 32.7 Å². The Morgan fingerprint density at radius 3 is 2.67 bits per heavy atom. The molecule has 0 bridgehead atoms. The van der Waals surface area contributed by atoms with Crippen LogP contribution < -0.4 is 0 Å². The first-order chi connectivity index (χ1) is 8.81. The highest BCUT2D eigenvalue weighted by Crippen LogP contribution is 2.50. The van der Waals surface area contributed by atoms with Gasteiger partial charge in [0.1, 0.15) is 0 Å². The van der Waals surface area contributed by atoms with Crippen LogP contribution in [0.1, 0.15) is 58.3 Å². The van der Waals surface area contributed by atoms with Crippen molar-refractivity contribution in [3.63, 3.8) is 0 Å². The minimum Gasteiger partial charge on any atom is -0.301 e. The number of hydrogen-bond acceptors (Lipinski definition) is 2. The third kappa shape index (κ3) is 2.91. The zero-order valence-corrected chi connectivity index (χ0v) is 12.2. The number of piperidine rings is 1. The Bertz CT molecular complexity index is 272. The van der Waals surface area contributed by atoms with E-state index in [1.165, 1.54) is 84.1 Å². The molecule has 0 amide bonds. The zero-order chi connectivity index (χ0) is 12.4. The van der Waals surface area contributed by atoms with Crippen LogP contribution in [0.4, 0.5) is 0 Å². The van der Waals surface area contributed by atoms with Gasteiger partial charge >= 0.3 is 0 Å². The molecular weight excluding hydrogens is 220 g/mol. The van der Waals surface area contributed by atoms with Crippen LogP contribution in [0.5, 0.6) is 0 Å². The molecule has 104 valence electrons. The second-order valence-corrected chi connectivity index (χ2v) is 7.02. The fraction of sp³-hybridized carbons (Fsp3) is 1.00. The Hall–Kier alpha value is -0.0800. The topological polar surface area (TPSA) is 6.48 Å². The van der Waals surface area contributed by atoms with E-state index in [9.17, 15) is 0 Å². The smallest absolute Gasteiger partial charge is 0.0223 e. The monoisotopic (exact) mass is 250 g/mol. The Morgan fingerprint density at radius 1 is 1.06 bits per heavy atom. The Labute approximate surface area is 113 Å². The number of rotatable bonds is 4. The molecule has 1 unspecified atom stereocenters. The molecule has 3 rings (SSSR count). The molecule has 1 atom stereocenters. The van der Waals surface area contributed by atoms with Crippen molar-refractivity contribution in [3.05, 3.63) is 0 Å². The average molecular weight is 250 g/mol. The minimum absolute atomic E-state index is 0.749. The summed E-state index contributed by atoms with van der Waals surface area (Å²) >= 11 is 0. The van der Waals surface area contributed by atoms with E-state index in [1.54, 1.807) is 0 Å². The summed E-state index contributed by atoms with van der Waals surface area (Å²) in [5.41, 5.74) is 0.749. The summed E-state index contributed by atoms with van der Waals surface area (Å²) in [5, 5.41) is 0. The predicted molar refractivity (Wildman–Crippen MR) is 76.8 cm³/mol. The molecule has 3 aliphatic rings. The summed E-state index contributed by atoms with van der Waals surface area (Å²) in [5.74, 6) is 0. The third-order valence-electron chi connectivity index (χ3n) is 5.43. The van der Waals surface area contributed by atoms with Gasteiger partial charge in [-0.15, -0.1) is 0 Å². The van der Waals surface area contributed by atoms with E-state index >= 15 is 0 Å². The van der Waals surface area contributed by atoms with Crippen molar-refractivity contribution in [2.24, 2.45) is 5.41 Å². The third-order valence-corrected chi connectivity index (χ3v) is 5.43. The molecule has 2 saturated heterocycles. The number of fused-ring (bicyclic) bond motifs is 1. The normalized spacial score (nSPS) is 32.8. The standard InChI is InChI=1S/C16H30N2/c1-2-7-16(8-9-16)14-17-10-5-12-18-11-4-3-6-15(18)13-17/h15H,2-14H2,1H3. The van der Waals surface area contributed by atoms with E-state index < -0.39 is 0 Å². The molecule has 3 fully saturated rings. The second kappa shape index (κ2) is 5.50. The molecule has 0 radical (unpaired) electrons. The molecule has 2 nitrogen and oxygen atoms in total. The molecule has 0 aromatic rings. The SMILES string of the molecule is CCCC1(CN2CCCN3CCCCC3C2)CC1. The lowest BCUT2D eigenvalue weighted by Crippen LogP contribution is -2.44. The summed E-state index contributed by atoms with van der Waals surface area (Å²) < 4.78 is 0. The van der Waals surface area contributed by atoms with Gasteiger partial charge in [-0.3, -0.25) is 4.90 Å². The fourth-order valence-electron chi connectivity index (χ4n) is 4.26. The van der Waals surface area contributed by atoms with Gasteiger partial charge in [0, 0.05) is 19.1 Å². The first-order valence-corrected chi connectivity index (χ1v) is 8.28. The van der Waals surface area contributed by atoms with E-state index in [4.69, 9.17) is 0 Å². The van der Waals surface area contributed by atoms with Crippen molar-refractivity contribution < 1.29 is 0 Å². The van der Waals surface area contributed by atoms with Crippen LogP contribution in [0.15, 0.2) is 0 Å². The van der Waals surface area contributed by atoms with E-state index in [2.05, 4.69) is 16.7 Å². The van der Waals surface area contributed by atoms with Crippen LogP contribution in [0.25, 0.3) is 0 Å². The van der Waals surface area contributed by atoms with Crippen molar-refractivity contribution in [1.82, 2.24) is 9.80 Å². The van der Waals surface area contributed by atoms with Gasteiger partial charge in [0.25, 0.3) is 0 Å². The highest BCUT2D eigenvalue weighted by molar-refractivity contribution is 4.96. The molecule has 2 heterocycles. The lowest BCUT2D eigenvalue weighted by molar-refractivity contribution is 0.127. The van der Waals surface area contributed by atoms with Crippen molar-refractivity contribution >= 4 is 0 Å². The van der Waals surface area contributed by atoms with Crippen LogP contribution in [0.2, 0.25) is 0 Å². The van der Waals surface area contributed by atoms with Crippen LogP contribution in [-0.4, -0.2) is 48.6 Å². The maximum atomic E-state index is 2.82. The molecule has 1 saturated carbocycles. The maximum absolute atomic E-state index is 2.82. The molecule has 0 aromatic heterocycles. The lowest BCUT2D eigenvalue weighted by Gasteiger charge is -2.36. The summed E-state index contributed by atoms with van der Waals surface area (Å²) in [6, 6.07) is 0.888. The molecule has 1 aliphatic carbocycles. The maximum Gasteiger partial charge on any atom is 0.0223 e. The van der Waals surface area contributed by atoms with Gasteiger partial charge in [-0.25, -0.2) is 0 Å². The first-order valence-electron chi connectivity index (χ1n) is 8.28. The van der Waals surface area contributed by atoms with Gasteiger partial charge < -0.3 is 4.90 Å². The summed E-state index contributed by atoms with van der Waals surface area (Å²) in [6.45, 7) is 9.22. The van der Waals surface area contributed by atoms with Crippen molar-refractivity contribution in [3.8, 4) is 0 Å². The average Bonchev–Trinajstić information content (AvgIpc) is 3.13. The Kier molecular flexibility index (Phi) is 3.95. The van der Waals surface area contributed by atoms with Crippen molar-refractivity contribution in [2.45, 2.75) is 64.3 Å². The van der Waals surface area contributed by atoms with Gasteiger partial charge in [-0.05, 0) is 63.6 Å². The number of nitrogens with zero attached hydrogens (tertiary/aromatic N) is 2. The van der Waals surface area contributed by atoms with Gasteiger partial charge in [0.15, 0.2) is 0 Å². The van der Waals surface area contributed by atoms with E-state index in [1.807, 2.05) is 0 Å². The van der Waals surface area contributed by atoms with Gasteiger partial charge in [-0.2, -0.15) is 0 Å². The minimum atomic E-state index is 0.749. The van der Waals surface area contributed by atoms with Gasteiger partial charge in [0.2, 0.25) is 0 Å². The summed E-state index contributed by atoms with van der Waals surface area (Å²) in [4.78, 5) is 5.60. The molecule has 18 heavy (non-hydrogen) atoms. The van der Waals surface area contributed by atoms with Crippen LogP contribution in [-0.2, 0) is 0 Å². The fourth-order valence-corrected chi connectivity index (χ4v) is 4.26. The van der Waals surface area contributed by atoms with Gasteiger partial charge in [-0.1, -0.05) is 19.8 Å². The quantitative estimate of drug-likeness (QED) is 0.756. The molecule has 0 aromatic carbocycles. The van der Waals surface area contributed by atoms with E-state index in [-0.39, 0.29) is 0 Å². The highest BCUT2D eigenvalue weighted by atomic mass is 15.2. The molecule has 0 spiro atoms. The van der Waals surface area contributed by atoms with Crippen molar-refractivity contribution in [1.29, 1.82) is 0 Å². The Balaban J connectivity index is 1.56. The lowest BCUT2D eigenvalue weighted by atomic mass is 9.98. The number of hydrogen-bond donors (Lipinski definition) is 0. The van der Waals surface area contributed by atoms with E-state index in [0.29, 0.717) is 0 Å². The molecule has 0 N–H and O–H groups in total. The molecule has 2 aliphatic heterocycles. The summed E-state index contributed by atoms with van der Waals surface area (Å²) in [6.07, 6.45) is 11.6. The van der Waals surface area contributed by atoms with Gasteiger partial charge in [0.05, 0.1) is 0 Å². The van der Waals surface area contributed by atoms with Crippen LogP contribution >= 0.6 is 0 Å². The van der Waals surface area contributed by atoms with E-state index in [0.717, 1.165) is 11.5 Å². The Morgan fingerprint density at radius 2 is 1.89 bits per heavy atom. The largest absolute Gasteiger partial charge is 0.301 e. The van der Waals surface area contributed by atoms with Crippen LogP contribution in [0, 0.1) is 5.41 Å². The first kappa shape index (κ1) is 12.9. The predicted octanol–water partition coefficient (Wildman–Crippen LogP) is 3.13. The second-order valence-electron chi connectivity index (χ2n) is 7.02. The highest BCUT2D eigenvalue weighted by Gasteiger charge is 2.43. The summed E-state index contributed by atoms with van der Waals surface area (Å²) in [7, 11) is 0. The molecular formula is C16H30N2. The zero-order valence-electron chi connectivity index (χ0n) is 12.2.